The van der Waals surface area contributed by atoms with Crippen LogP contribution in [0.4, 0.5) is 0 Å². The first-order valence-corrected chi connectivity index (χ1v) is 7.03. The van der Waals surface area contributed by atoms with Gasteiger partial charge < -0.3 is 20.9 Å². The fourth-order valence-corrected chi connectivity index (χ4v) is 1.71. The van der Waals surface area contributed by atoms with Crippen LogP contribution in [-0.2, 0) is 0 Å². The van der Waals surface area contributed by atoms with Crippen LogP contribution < -0.4 is 20.9 Å². The Bertz CT molecular complexity index is 490. The number of nitrogens with one attached hydrogen (secondary N) is 1. The van der Waals surface area contributed by atoms with Crippen LogP contribution >= 0.6 is 11.8 Å². The van der Waals surface area contributed by atoms with Gasteiger partial charge in [0.25, 0.3) is 0 Å². The van der Waals surface area contributed by atoms with Crippen LogP contribution in [-0.4, -0.2) is 38.5 Å². The van der Waals surface area contributed by atoms with Gasteiger partial charge in [-0.3, -0.25) is 5.41 Å². The molecule has 0 aliphatic heterocycles. The highest BCUT2D eigenvalue weighted by Gasteiger charge is 2.11. The molecule has 0 amide bonds. The monoisotopic (exact) mass is 298 g/mol. The summed E-state index contributed by atoms with van der Waals surface area (Å²) >= 11 is 1.23. The van der Waals surface area contributed by atoms with Crippen molar-refractivity contribution in [1.82, 2.24) is 0 Å². The second-order valence-corrected chi connectivity index (χ2v) is 4.33. The molecule has 1 aromatic rings. The number of rotatable bonds is 3. The number of amidine groups is 2. The maximum atomic E-state index is 7.49. The SMILES string of the molecule is CN.COc1cc(/C(N)=N/C(=N)SC)cc(C)c1OC. The summed E-state index contributed by atoms with van der Waals surface area (Å²) in [5, 5.41) is 7.65. The highest BCUT2D eigenvalue weighted by Crippen LogP contribution is 2.31. The highest BCUT2D eigenvalue weighted by molar-refractivity contribution is 8.13. The van der Waals surface area contributed by atoms with E-state index >= 15 is 0 Å². The summed E-state index contributed by atoms with van der Waals surface area (Å²) in [6.45, 7) is 1.90. The van der Waals surface area contributed by atoms with E-state index in [9.17, 15) is 0 Å². The zero-order chi connectivity index (χ0) is 15.7. The zero-order valence-electron chi connectivity index (χ0n) is 12.5. The fourth-order valence-electron chi connectivity index (χ4n) is 1.52. The van der Waals surface area contributed by atoms with Gasteiger partial charge in [-0.05, 0) is 37.9 Å². The number of aliphatic imine (C=N–C) groups is 1. The molecule has 1 rings (SSSR count). The van der Waals surface area contributed by atoms with Crippen LogP contribution in [0.5, 0.6) is 11.5 Å². The average molecular weight is 298 g/mol. The van der Waals surface area contributed by atoms with E-state index in [1.165, 1.54) is 18.8 Å². The van der Waals surface area contributed by atoms with Gasteiger partial charge in [-0.1, -0.05) is 11.8 Å². The van der Waals surface area contributed by atoms with E-state index in [2.05, 4.69) is 10.7 Å². The lowest BCUT2D eigenvalue weighted by Crippen LogP contribution is -2.15. The Morgan fingerprint density at radius 3 is 2.30 bits per heavy atom. The number of nitrogens with zero attached hydrogens (tertiary/aromatic N) is 1. The first kappa shape index (κ1) is 18.3. The van der Waals surface area contributed by atoms with Crippen LogP contribution in [0, 0.1) is 12.3 Å². The lowest BCUT2D eigenvalue weighted by atomic mass is 10.1. The minimum Gasteiger partial charge on any atom is -0.493 e. The van der Waals surface area contributed by atoms with E-state index in [1.54, 1.807) is 26.5 Å². The van der Waals surface area contributed by atoms with E-state index < -0.39 is 0 Å². The Hall–Kier alpha value is -1.73. The Morgan fingerprint density at radius 1 is 1.25 bits per heavy atom. The van der Waals surface area contributed by atoms with E-state index in [-0.39, 0.29) is 5.17 Å². The van der Waals surface area contributed by atoms with Crippen molar-refractivity contribution in [1.29, 1.82) is 5.41 Å². The van der Waals surface area contributed by atoms with Gasteiger partial charge in [0.1, 0.15) is 5.84 Å². The molecule has 0 fully saturated rings. The number of nitrogens with two attached hydrogens (primary N) is 2. The van der Waals surface area contributed by atoms with E-state index in [1.807, 2.05) is 13.0 Å². The average Bonchev–Trinajstić information content (AvgIpc) is 2.47. The van der Waals surface area contributed by atoms with Crippen molar-refractivity contribution in [3.63, 3.8) is 0 Å². The molecule has 0 saturated carbocycles. The van der Waals surface area contributed by atoms with Gasteiger partial charge in [0.15, 0.2) is 16.7 Å². The van der Waals surface area contributed by atoms with Gasteiger partial charge >= 0.3 is 0 Å². The first-order chi connectivity index (χ1) is 9.53. The van der Waals surface area contributed by atoms with Crippen LogP contribution in [0.1, 0.15) is 11.1 Å². The molecule has 0 aromatic heterocycles. The highest BCUT2D eigenvalue weighted by atomic mass is 32.2. The largest absolute Gasteiger partial charge is 0.493 e. The molecule has 7 heteroatoms. The molecule has 20 heavy (non-hydrogen) atoms. The third-order valence-electron chi connectivity index (χ3n) is 2.38. The van der Waals surface area contributed by atoms with E-state index in [0.717, 1.165) is 5.56 Å². The van der Waals surface area contributed by atoms with Crippen LogP contribution in [0.15, 0.2) is 17.1 Å². The summed E-state index contributed by atoms with van der Waals surface area (Å²) < 4.78 is 10.5. The molecule has 0 spiro atoms. The van der Waals surface area contributed by atoms with Gasteiger partial charge in [0.2, 0.25) is 0 Å². The Labute approximate surface area is 124 Å². The molecule has 0 saturated heterocycles. The number of thioether (sulfide) groups is 1. The quantitative estimate of drug-likeness (QED) is 0.580. The van der Waals surface area contributed by atoms with Crippen LogP contribution in [0.3, 0.4) is 0 Å². The van der Waals surface area contributed by atoms with Gasteiger partial charge in [-0.2, -0.15) is 0 Å². The molecular formula is C13H22N4O2S. The fraction of sp³-hybridized carbons (Fsp3) is 0.385. The maximum absolute atomic E-state index is 7.49. The molecule has 0 unspecified atom stereocenters. The van der Waals surface area contributed by atoms with Crippen molar-refractivity contribution >= 4 is 22.8 Å². The number of methoxy groups -OCH3 is 2. The smallest absolute Gasteiger partial charge is 0.181 e. The van der Waals surface area contributed by atoms with Gasteiger partial charge in [-0.15, -0.1) is 0 Å². The predicted octanol–water partition coefficient (Wildman–Crippen LogP) is 1.59. The molecular weight excluding hydrogens is 276 g/mol. The zero-order valence-corrected chi connectivity index (χ0v) is 13.3. The maximum Gasteiger partial charge on any atom is 0.181 e. The van der Waals surface area contributed by atoms with Gasteiger partial charge in [-0.25, -0.2) is 4.99 Å². The summed E-state index contributed by atoms with van der Waals surface area (Å²) in [7, 11) is 4.66. The predicted molar refractivity (Wildman–Crippen MR) is 86.4 cm³/mol. The number of aryl methyl sites for hydroxylation is 1. The molecule has 6 nitrogen and oxygen atoms in total. The second kappa shape index (κ2) is 9.22. The van der Waals surface area contributed by atoms with E-state index in [0.29, 0.717) is 22.9 Å². The Morgan fingerprint density at radius 2 is 1.85 bits per heavy atom. The van der Waals surface area contributed by atoms with Gasteiger partial charge in [0, 0.05) is 5.56 Å². The van der Waals surface area contributed by atoms with Crippen LogP contribution in [0.2, 0.25) is 0 Å². The molecule has 5 N–H and O–H groups in total. The summed E-state index contributed by atoms with van der Waals surface area (Å²) in [4.78, 5) is 3.98. The number of ether oxygens (including phenoxy) is 2. The molecule has 0 atom stereocenters. The lowest BCUT2D eigenvalue weighted by molar-refractivity contribution is 0.353. The van der Waals surface area contributed by atoms with Crippen molar-refractivity contribution in [3.8, 4) is 11.5 Å². The molecule has 0 aliphatic rings. The molecule has 0 aliphatic carbocycles. The molecule has 112 valence electrons. The van der Waals surface area contributed by atoms with Crippen molar-refractivity contribution < 1.29 is 9.47 Å². The second-order valence-electron chi connectivity index (χ2n) is 3.53. The van der Waals surface area contributed by atoms with Crippen molar-refractivity contribution in [2.24, 2.45) is 16.5 Å². The molecule has 0 radical (unpaired) electrons. The third-order valence-corrected chi connectivity index (χ3v) is 2.85. The summed E-state index contributed by atoms with van der Waals surface area (Å²) in [5.74, 6) is 1.56. The topological polar surface area (TPSA) is 107 Å². The van der Waals surface area contributed by atoms with Crippen LogP contribution in [0.25, 0.3) is 0 Å². The van der Waals surface area contributed by atoms with Crippen molar-refractivity contribution in [2.75, 3.05) is 27.5 Å². The third kappa shape index (κ3) is 4.75. The molecule has 0 bridgehead atoms. The Kier molecular flexibility index (Phi) is 8.42. The standard InChI is InChI=1S/C12H17N3O2S.CH5N/c1-7-5-8(11(13)15-12(14)18-4)6-9(16-2)10(7)17-3;1-2/h5-6H,1-4H3,(H3,13,14,15);2H2,1H3. The van der Waals surface area contributed by atoms with E-state index in [4.69, 9.17) is 20.6 Å². The summed E-state index contributed by atoms with van der Waals surface area (Å²) in [5.41, 5.74) is 12.0. The summed E-state index contributed by atoms with van der Waals surface area (Å²) in [6, 6.07) is 3.60. The number of hydrogen-bond acceptors (Lipinski definition) is 5. The normalized spacial score (nSPS) is 10.4. The van der Waals surface area contributed by atoms with Gasteiger partial charge in [0.05, 0.1) is 14.2 Å². The lowest BCUT2D eigenvalue weighted by Gasteiger charge is -2.12. The number of benzene rings is 1. The molecule has 1 aromatic carbocycles. The number of hydrogen-bond donors (Lipinski definition) is 3. The first-order valence-electron chi connectivity index (χ1n) is 5.81. The Balaban J connectivity index is 0.00000172. The minimum atomic E-state index is 0.167. The summed E-state index contributed by atoms with van der Waals surface area (Å²) in [6.07, 6.45) is 1.78. The molecule has 0 heterocycles. The minimum absolute atomic E-state index is 0.167. The van der Waals surface area contributed by atoms with Crippen molar-refractivity contribution in [2.45, 2.75) is 6.92 Å². The van der Waals surface area contributed by atoms with Crippen molar-refractivity contribution in [3.05, 3.63) is 23.3 Å².